The Morgan fingerprint density at radius 3 is 2.83 bits per heavy atom. The third kappa shape index (κ3) is 2.64. The number of nitrogens with zero attached hydrogens (tertiary/aromatic N) is 2. The molecule has 2 heterocycles. The Labute approximate surface area is 135 Å². The van der Waals surface area contributed by atoms with Gasteiger partial charge in [0.25, 0.3) is 0 Å². The average molecular weight is 318 g/mol. The Bertz CT molecular complexity index is 628. The number of ether oxygens (including phenoxy) is 1. The van der Waals surface area contributed by atoms with Crippen molar-refractivity contribution in [1.29, 1.82) is 0 Å². The summed E-state index contributed by atoms with van der Waals surface area (Å²) < 4.78 is 10.9. The molecule has 124 valence electrons. The first kappa shape index (κ1) is 14.7. The van der Waals surface area contributed by atoms with Crippen LogP contribution in [0.15, 0.2) is 10.6 Å². The summed E-state index contributed by atoms with van der Waals surface area (Å²) >= 11 is 0. The quantitative estimate of drug-likeness (QED) is 0.797. The zero-order chi connectivity index (χ0) is 16.0. The minimum Gasteiger partial charge on any atom is -0.458 e. The lowest BCUT2D eigenvalue weighted by Gasteiger charge is -2.30. The van der Waals surface area contributed by atoms with Crippen molar-refractivity contribution in [2.75, 3.05) is 7.05 Å². The lowest BCUT2D eigenvalue weighted by Crippen LogP contribution is -2.43. The number of hydrogen-bond acceptors (Lipinski definition) is 5. The summed E-state index contributed by atoms with van der Waals surface area (Å²) in [6.45, 7) is 0.413. The van der Waals surface area contributed by atoms with Crippen LogP contribution in [-0.4, -0.2) is 34.6 Å². The highest BCUT2D eigenvalue weighted by atomic mass is 16.6. The number of amides is 1. The van der Waals surface area contributed by atoms with E-state index in [1.807, 2.05) is 6.07 Å². The van der Waals surface area contributed by atoms with E-state index >= 15 is 0 Å². The zero-order valence-corrected chi connectivity index (χ0v) is 13.4. The van der Waals surface area contributed by atoms with Crippen LogP contribution in [0.5, 0.6) is 0 Å². The monoisotopic (exact) mass is 318 g/mol. The third-order valence-electron chi connectivity index (χ3n) is 5.40. The molecular weight excluding hydrogens is 296 g/mol. The van der Waals surface area contributed by atoms with E-state index in [4.69, 9.17) is 9.26 Å². The van der Waals surface area contributed by atoms with Crippen LogP contribution in [-0.2, 0) is 20.9 Å². The van der Waals surface area contributed by atoms with Crippen molar-refractivity contribution in [3.63, 3.8) is 0 Å². The van der Waals surface area contributed by atoms with Crippen molar-refractivity contribution in [2.45, 2.75) is 63.0 Å². The Morgan fingerprint density at radius 2 is 2.13 bits per heavy atom. The zero-order valence-electron chi connectivity index (χ0n) is 13.4. The second-order valence-electron chi connectivity index (χ2n) is 7.19. The molecule has 1 aromatic heterocycles. The number of carbonyl (C=O) groups excluding carboxylic acids is 2. The van der Waals surface area contributed by atoms with Gasteiger partial charge in [-0.05, 0) is 38.5 Å². The van der Waals surface area contributed by atoms with Crippen LogP contribution in [0.3, 0.4) is 0 Å². The lowest BCUT2D eigenvalue weighted by atomic mass is 9.84. The Hall–Kier alpha value is -1.85. The van der Waals surface area contributed by atoms with Crippen LogP contribution < -0.4 is 0 Å². The molecule has 1 saturated heterocycles. The summed E-state index contributed by atoms with van der Waals surface area (Å²) in [6.07, 6.45) is 6.18. The van der Waals surface area contributed by atoms with Crippen LogP contribution in [0.2, 0.25) is 0 Å². The van der Waals surface area contributed by atoms with Crippen molar-refractivity contribution in [1.82, 2.24) is 10.1 Å². The first-order valence-corrected chi connectivity index (χ1v) is 8.50. The molecular formula is C17H22N2O4. The standard InChI is InChI=1S/C17H22N2O4/c1-19(10-12-8-14(23-18-12)11-4-5-11)16(21)13-9-15(20)22-17(13)6-2-3-7-17/h8,11,13H,2-7,9-10H2,1H3/t13-/m1/s1. The molecule has 23 heavy (non-hydrogen) atoms. The second kappa shape index (κ2) is 5.35. The highest BCUT2D eigenvalue weighted by Gasteiger charge is 2.54. The third-order valence-corrected chi connectivity index (χ3v) is 5.40. The van der Waals surface area contributed by atoms with E-state index in [2.05, 4.69) is 5.16 Å². The molecule has 1 atom stereocenters. The molecule has 0 aromatic carbocycles. The van der Waals surface area contributed by atoms with Gasteiger partial charge in [-0.15, -0.1) is 0 Å². The van der Waals surface area contributed by atoms with E-state index in [0.29, 0.717) is 12.5 Å². The summed E-state index contributed by atoms with van der Waals surface area (Å²) in [7, 11) is 1.76. The van der Waals surface area contributed by atoms with E-state index in [1.54, 1.807) is 11.9 Å². The molecule has 4 rings (SSSR count). The average Bonchev–Trinajstić information content (AvgIpc) is 2.95. The number of carbonyl (C=O) groups is 2. The van der Waals surface area contributed by atoms with Crippen LogP contribution in [0.1, 0.15) is 62.3 Å². The number of aromatic nitrogens is 1. The number of rotatable bonds is 4. The number of hydrogen-bond donors (Lipinski definition) is 0. The van der Waals surface area contributed by atoms with E-state index in [0.717, 1.165) is 50.0 Å². The Balaban J connectivity index is 1.45. The summed E-state index contributed by atoms with van der Waals surface area (Å²) in [4.78, 5) is 26.3. The highest BCUT2D eigenvalue weighted by molar-refractivity contribution is 5.87. The lowest BCUT2D eigenvalue weighted by molar-refractivity contribution is -0.151. The fourth-order valence-electron chi connectivity index (χ4n) is 3.98. The summed E-state index contributed by atoms with van der Waals surface area (Å²) in [5, 5.41) is 4.06. The Kier molecular flexibility index (Phi) is 3.43. The van der Waals surface area contributed by atoms with Gasteiger partial charge < -0.3 is 14.2 Å². The van der Waals surface area contributed by atoms with E-state index in [-0.39, 0.29) is 24.2 Å². The fraction of sp³-hybridized carbons (Fsp3) is 0.706. The van der Waals surface area contributed by atoms with Crippen molar-refractivity contribution < 1.29 is 18.8 Å². The molecule has 6 nitrogen and oxygen atoms in total. The maximum absolute atomic E-state index is 12.8. The molecule has 1 spiro atoms. The molecule has 2 saturated carbocycles. The minimum atomic E-state index is -0.550. The molecule has 6 heteroatoms. The van der Waals surface area contributed by atoms with Crippen LogP contribution in [0.4, 0.5) is 0 Å². The molecule has 0 unspecified atom stereocenters. The molecule has 0 bridgehead atoms. The van der Waals surface area contributed by atoms with Gasteiger partial charge in [0, 0.05) is 19.0 Å². The van der Waals surface area contributed by atoms with Gasteiger partial charge in [-0.25, -0.2) is 0 Å². The van der Waals surface area contributed by atoms with Crippen LogP contribution in [0.25, 0.3) is 0 Å². The largest absolute Gasteiger partial charge is 0.458 e. The predicted octanol–water partition coefficient (Wildman–Crippen LogP) is 2.39. The number of esters is 1. The second-order valence-corrected chi connectivity index (χ2v) is 7.19. The predicted molar refractivity (Wildman–Crippen MR) is 80.4 cm³/mol. The molecule has 1 aromatic rings. The van der Waals surface area contributed by atoms with Crippen molar-refractivity contribution in [3.05, 3.63) is 17.5 Å². The van der Waals surface area contributed by atoms with Gasteiger partial charge in [-0.2, -0.15) is 0 Å². The maximum Gasteiger partial charge on any atom is 0.307 e. The van der Waals surface area contributed by atoms with Crippen molar-refractivity contribution in [3.8, 4) is 0 Å². The molecule has 0 N–H and O–H groups in total. The summed E-state index contributed by atoms with van der Waals surface area (Å²) in [6, 6.07) is 1.95. The Morgan fingerprint density at radius 1 is 1.39 bits per heavy atom. The van der Waals surface area contributed by atoms with E-state index in [1.165, 1.54) is 0 Å². The van der Waals surface area contributed by atoms with Crippen LogP contribution in [0, 0.1) is 5.92 Å². The molecule has 1 amide bonds. The van der Waals surface area contributed by atoms with Gasteiger partial charge in [0.15, 0.2) is 0 Å². The van der Waals surface area contributed by atoms with Gasteiger partial charge in [0.05, 0.1) is 18.9 Å². The van der Waals surface area contributed by atoms with Gasteiger partial charge >= 0.3 is 5.97 Å². The molecule has 2 aliphatic carbocycles. The van der Waals surface area contributed by atoms with Crippen LogP contribution >= 0.6 is 0 Å². The molecule has 3 aliphatic rings. The minimum absolute atomic E-state index is 0.0197. The van der Waals surface area contributed by atoms with Gasteiger partial charge in [-0.1, -0.05) is 5.16 Å². The van der Waals surface area contributed by atoms with Crippen molar-refractivity contribution >= 4 is 11.9 Å². The smallest absolute Gasteiger partial charge is 0.307 e. The normalized spacial score (nSPS) is 25.8. The fourth-order valence-corrected chi connectivity index (χ4v) is 3.98. The summed E-state index contributed by atoms with van der Waals surface area (Å²) in [5.41, 5.74) is 0.222. The molecule has 3 fully saturated rings. The van der Waals surface area contributed by atoms with E-state index < -0.39 is 5.60 Å². The van der Waals surface area contributed by atoms with Crippen molar-refractivity contribution in [2.24, 2.45) is 5.92 Å². The SMILES string of the molecule is CN(Cc1cc(C2CC2)on1)C(=O)[C@H]1CC(=O)OC12CCCC2. The summed E-state index contributed by atoms with van der Waals surface area (Å²) in [5.74, 6) is 0.828. The first-order chi connectivity index (χ1) is 11.1. The van der Waals surface area contributed by atoms with Gasteiger partial charge in [0.2, 0.25) is 5.91 Å². The van der Waals surface area contributed by atoms with Gasteiger partial charge in [0.1, 0.15) is 17.1 Å². The topological polar surface area (TPSA) is 72.6 Å². The van der Waals surface area contributed by atoms with Gasteiger partial charge in [-0.3, -0.25) is 9.59 Å². The van der Waals surface area contributed by atoms with E-state index in [9.17, 15) is 9.59 Å². The molecule has 1 aliphatic heterocycles. The highest BCUT2D eigenvalue weighted by Crippen LogP contribution is 2.46. The first-order valence-electron chi connectivity index (χ1n) is 8.50. The maximum atomic E-state index is 12.8. The molecule has 0 radical (unpaired) electrons.